The summed E-state index contributed by atoms with van der Waals surface area (Å²) in [5.41, 5.74) is 1.79. The van der Waals surface area contributed by atoms with Crippen LogP contribution >= 0.6 is 0 Å². The first-order chi connectivity index (χ1) is 14.5. The highest BCUT2D eigenvalue weighted by molar-refractivity contribution is 6.05. The van der Waals surface area contributed by atoms with Crippen molar-refractivity contribution in [2.45, 2.75) is 20.8 Å². The van der Waals surface area contributed by atoms with E-state index in [-0.39, 0.29) is 11.3 Å². The molecule has 158 valence electrons. The third-order valence-corrected chi connectivity index (χ3v) is 5.35. The zero-order chi connectivity index (χ0) is 21.7. The fourth-order valence-corrected chi connectivity index (χ4v) is 3.47. The van der Waals surface area contributed by atoms with Crippen LogP contribution in [-0.4, -0.2) is 44.1 Å². The quantitative estimate of drug-likeness (QED) is 0.613. The van der Waals surface area contributed by atoms with E-state index >= 15 is 0 Å². The Balaban J connectivity index is 1.99. The first kappa shape index (κ1) is 21.6. The summed E-state index contributed by atoms with van der Waals surface area (Å²) < 4.78 is 11.3. The van der Waals surface area contributed by atoms with Gasteiger partial charge in [0.15, 0.2) is 11.0 Å². The van der Waals surface area contributed by atoms with Gasteiger partial charge < -0.3 is 19.4 Å². The minimum atomic E-state index is -0.250. The molecule has 6 nitrogen and oxygen atoms in total. The van der Waals surface area contributed by atoms with Crippen molar-refractivity contribution in [2.75, 3.05) is 33.3 Å². The second-order valence-corrected chi connectivity index (χ2v) is 7.08. The van der Waals surface area contributed by atoms with Gasteiger partial charge in [-0.1, -0.05) is 19.9 Å². The molecule has 3 rings (SSSR count). The maximum absolute atomic E-state index is 13.0. The van der Waals surface area contributed by atoms with E-state index in [2.05, 4.69) is 24.1 Å². The predicted molar refractivity (Wildman–Crippen MR) is 119 cm³/mol. The molecule has 3 aromatic rings. The normalized spacial score (nSPS) is 11.1. The van der Waals surface area contributed by atoms with Crippen LogP contribution in [0.2, 0.25) is 0 Å². The van der Waals surface area contributed by atoms with Crippen molar-refractivity contribution in [3.63, 3.8) is 0 Å². The Morgan fingerprint density at radius 1 is 1.10 bits per heavy atom. The van der Waals surface area contributed by atoms with E-state index < -0.39 is 0 Å². The number of para-hydroxylation sites is 1. The molecule has 0 aliphatic carbocycles. The standard InChI is InChI=1S/C24H28N2O4/c1-5-26(6-2)15-14-25-24(28)20-9-7-8-19-21(27)16(3)22(30-23(19)20)17-10-12-18(29-4)13-11-17/h7-13H,5-6,14-15H2,1-4H3,(H,25,28). The number of rotatable bonds is 8. The second kappa shape index (κ2) is 9.59. The Morgan fingerprint density at radius 2 is 1.80 bits per heavy atom. The highest BCUT2D eigenvalue weighted by Crippen LogP contribution is 2.28. The SMILES string of the molecule is CCN(CC)CCNC(=O)c1cccc2c(=O)c(C)c(-c3ccc(OC)cc3)oc12. The molecular weight excluding hydrogens is 380 g/mol. The average Bonchev–Trinajstić information content (AvgIpc) is 2.78. The van der Waals surface area contributed by atoms with Crippen molar-refractivity contribution in [2.24, 2.45) is 0 Å². The third-order valence-electron chi connectivity index (χ3n) is 5.35. The summed E-state index contributed by atoms with van der Waals surface area (Å²) in [6, 6.07) is 12.4. The van der Waals surface area contributed by atoms with Crippen molar-refractivity contribution >= 4 is 16.9 Å². The van der Waals surface area contributed by atoms with Crippen LogP contribution in [0.25, 0.3) is 22.3 Å². The number of hydrogen-bond donors (Lipinski definition) is 1. The van der Waals surface area contributed by atoms with Crippen LogP contribution < -0.4 is 15.5 Å². The van der Waals surface area contributed by atoms with E-state index in [0.29, 0.717) is 40.2 Å². The zero-order valence-corrected chi connectivity index (χ0v) is 18.0. The van der Waals surface area contributed by atoms with Crippen molar-refractivity contribution < 1.29 is 13.9 Å². The fraction of sp³-hybridized carbons (Fsp3) is 0.333. The molecule has 1 aromatic heterocycles. The first-order valence-electron chi connectivity index (χ1n) is 10.2. The van der Waals surface area contributed by atoms with E-state index in [1.807, 2.05) is 24.3 Å². The number of hydrogen-bond acceptors (Lipinski definition) is 5. The summed E-state index contributed by atoms with van der Waals surface area (Å²) >= 11 is 0. The Kier molecular flexibility index (Phi) is 6.90. The van der Waals surface area contributed by atoms with E-state index in [9.17, 15) is 9.59 Å². The molecule has 0 bridgehead atoms. The fourth-order valence-electron chi connectivity index (χ4n) is 3.47. The van der Waals surface area contributed by atoms with Crippen LogP contribution in [0.5, 0.6) is 5.75 Å². The number of carbonyl (C=O) groups excluding carboxylic acids is 1. The van der Waals surface area contributed by atoms with Crippen LogP contribution in [0.15, 0.2) is 51.7 Å². The van der Waals surface area contributed by atoms with Gasteiger partial charge in [0.25, 0.3) is 5.91 Å². The summed E-state index contributed by atoms with van der Waals surface area (Å²) in [6.07, 6.45) is 0. The number of fused-ring (bicyclic) bond motifs is 1. The summed E-state index contributed by atoms with van der Waals surface area (Å²) in [5.74, 6) is 0.923. The molecule has 0 saturated heterocycles. The van der Waals surface area contributed by atoms with Gasteiger partial charge in [0.2, 0.25) is 0 Å². The number of methoxy groups -OCH3 is 1. The summed E-state index contributed by atoms with van der Waals surface area (Å²) in [6.45, 7) is 9.07. The van der Waals surface area contributed by atoms with Crippen molar-refractivity contribution in [1.82, 2.24) is 10.2 Å². The van der Waals surface area contributed by atoms with Crippen molar-refractivity contribution in [3.8, 4) is 17.1 Å². The zero-order valence-electron chi connectivity index (χ0n) is 18.0. The number of ether oxygens (including phenoxy) is 1. The van der Waals surface area contributed by atoms with Gasteiger partial charge in [-0.05, 0) is 56.4 Å². The number of carbonyl (C=O) groups is 1. The van der Waals surface area contributed by atoms with Crippen LogP contribution in [-0.2, 0) is 0 Å². The molecule has 0 atom stereocenters. The largest absolute Gasteiger partial charge is 0.497 e. The molecule has 0 fully saturated rings. The highest BCUT2D eigenvalue weighted by atomic mass is 16.5. The lowest BCUT2D eigenvalue weighted by Crippen LogP contribution is -2.34. The Bertz CT molecular complexity index is 1080. The first-order valence-corrected chi connectivity index (χ1v) is 10.2. The lowest BCUT2D eigenvalue weighted by molar-refractivity contribution is 0.0949. The van der Waals surface area contributed by atoms with Gasteiger partial charge >= 0.3 is 0 Å². The molecule has 1 N–H and O–H groups in total. The molecule has 1 amide bonds. The van der Waals surface area contributed by atoms with Gasteiger partial charge in [-0.15, -0.1) is 0 Å². The molecule has 0 unspecified atom stereocenters. The van der Waals surface area contributed by atoms with Crippen LogP contribution in [0, 0.1) is 6.92 Å². The van der Waals surface area contributed by atoms with Crippen molar-refractivity contribution in [3.05, 3.63) is 63.8 Å². The van der Waals surface area contributed by atoms with Crippen molar-refractivity contribution in [1.29, 1.82) is 0 Å². The van der Waals surface area contributed by atoms with Gasteiger partial charge in [-0.3, -0.25) is 9.59 Å². The molecule has 2 aromatic carbocycles. The van der Waals surface area contributed by atoms with E-state index in [4.69, 9.17) is 9.15 Å². The molecule has 1 heterocycles. The van der Waals surface area contributed by atoms with E-state index in [1.54, 1.807) is 32.2 Å². The topological polar surface area (TPSA) is 71.8 Å². The molecule has 0 radical (unpaired) electrons. The minimum absolute atomic E-state index is 0.139. The Morgan fingerprint density at radius 3 is 2.43 bits per heavy atom. The van der Waals surface area contributed by atoms with Gasteiger partial charge in [-0.25, -0.2) is 0 Å². The van der Waals surface area contributed by atoms with Crippen LogP contribution in [0.4, 0.5) is 0 Å². The highest BCUT2D eigenvalue weighted by Gasteiger charge is 2.18. The van der Waals surface area contributed by atoms with E-state index in [0.717, 1.165) is 25.2 Å². The maximum Gasteiger partial charge on any atom is 0.255 e. The number of likely N-dealkylation sites (N-methyl/N-ethyl adjacent to an activating group) is 1. The average molecular weight is 408 g/mol. The van der Waals surface area contributed by atoms with Crippen LogP contribution in [0.1, 0.15) is 29.8 Å². The molecule has 0 aliphatic rings. The van der Waals surface area contributed by atoms with E-state index in [1.165, 1.54) is 0 Å². The van der Waals surface area contributed by atoms with Gasteiger partial charge in [0, 0.05) is 24.2 Å². The summed E-state index contributed by atoms with van der Waals surface area (Å²) in [5, 5.41) is 3.34. The number of amides is 1. The minimum Gasteiger partial charge on any atom is -0.497 e. The van der Waals surface area contributed by atoms with Gasteiger partial charge in [0.05, 0.1) is 18.1 Å². The maximum atomic E-state index is 13.0. The third kappa shape index (κ3) is 4.39. The smallest absolute Gasteiger partial charge is 0.255 e. The monoisotopic (exact) mass is 408 g/mol. The molecule has 0 saturated carbocycles. The van der Waals surface area contributed by atoms with Crippen LogP contribution in [0.3, 0.4) is 0 Å². The number of nitrogens with one attached hydrogen (secondary N) is 1. The second-order valence-electron chi connectivity index (χ2n) is 7.08. The summed E-state index contributed by atoms with van der Waals surface area (Å²) in [4.78, 5) is 28.0. The number of benzene rings is 2. The molecular formula is C24H28N2O4. The Labute approximate surface area is 176 Å². The molecule has 6 heteroatoms. The number of nitrogens with zero attached hydrogens (tertiary/aromatic N) is 1. The summed E-state index contributed by atoms with van der Waals surface area (Å²) in [7, 11) is 1.60. The lowest BCUT2D eigenvalue weighted by atomic mass is 10.0. The lowest BCUT2D eigenvalue weighted by Gasteiger charge is -2.18. The van der Waals surface area contributed by atoms with Gasteiger partial charge in [0.1, 0.15) is 11.5 Å². The molecule has 0 aliphatic heterocycles. The predicted octanol–water partition coefficient (Wildman–Crippen LogP) is 3.85. The Hall–Kier alpha value is -3.12. The molecule has 0 spiro atoms. The van der Waals surface area contributed by atoms with Gasteiger partial charge in [-0.2, -0.15) is 0 Å². The molecule has 30 heavy (non-hydrogen) atoms.